The molecule has 0 bridgehead atoms. The molecule has 0 radical (unpaired) electrons. The number of hydrogen-bond donors (Lipinski definition) is 3. The number of aromatic nitrogens is 1. The van der Waals surface area contributed by atoms with E-state index in [1.807, 2.05) is 6.92 Å². The van der Waals surface area contributed by atoms with E-state index in [-0.39, 0.29) is 12.3 Å². The highest BCUT2D eigenvalue weighted by atomic mass is 16.6. The maximum atomic E-state index is 11.2. The number of pyridine rings is 1. The van der Waals surface area contributed by atoms with Crippen LogP contribution >= 0.6 is 0 Å². The Morgan fingerprint density at radius 1 is 1.67 bits per heavy atom. The number of aromatic hydroxyl groups is 1. The first-order valence-electron chi connectivity index (χ1n) is 5.61. The van der Waals surface area contributed by atoms with Gasteiger partial charge in [0.1, 0.15) is 5.69 Å². The van der Waals surface area contributed by atoms with Gasteiger partial charge in [0, 0.05) is 25.1 Å². The first-order valence-corrected chi connectivity index (χ1v) is 5.61. The first-order chi connectivity index (χ1) is 8.58. The number of oxime groups is 1. The number of nitrogens with one attached hydrogen (secondary N) is 1. The Balaban J connectivity index is 2.02. The summed E-state index contributed by atoms with van der Waals surface area (Å²) in [6.45, 7) is 3.54. The van der Waals surface area contributed by atoms with E-state index in [4.69, 9.17) is 9.94 Å². The van der Waals surface area contributed by atoms with Crippen LogP contribution in [-0.2, 0) is 11.4 Å². The summed E-state index contributed by atoms with van der Waals surface area (Å²) in [5.74, 6) is -0.192. The number of rotatable bonds is 3. The molecule has 1 aliphatic heterocycles. The topological polar surface area (TPSA) is 96.1 Å². The molecule has 1 fully saturated rings. The lowest BCUT2D eigenvalue weighted by Gasteiger charge is -2.07. The molecule has 0 saturated carbocycles. The molecule has 1 aromatic heterocycles. The molecule has 7 nitrogen and oxygen atoms in total. The highest BCUT2D eigenvalue weighted by Crippen LogP contribution is 2.07. The zero-order chi connectivity index (χ0) is 13.1. The Labute approximate surface area is 103 Å². The van der Waals surface area contributed by atoms with Gasteiger partial charge in [-0.2, -0.15) is 4.73 Å². The normalized spacial score (nSPS) is 21.4. The maximum absolute atomic E-state index is 11.2. The van der Waals surface area contributed by atoms with Crippen molar-refractivity contribution in [2.75, 3.05) is 13.1 Å². The van der Waals surface area contributed by atoms with Crippen LogP contribution < -0.4 is 10.7 Å². The van der Waals surface area contributed by atoms with Gasteiger partial charge in [-0.1, -0.05) is 12.1 Å². The van der Waals surface area contributed by atoms with E-state index in [9.17, 15) is 10.0 Å². The van der Waals surface area contributed by atoms with Gasteiger partial charge >= 0.3 is 0 Å². The van der Waals surface area contributed by atoms with Gasteiger partial charge in [-0.15, -0.1) is 0 Å². The molecular weight excluding hydrogens is 238 g/mol. The molecular formula is C11H15N3O4. The minimum Gasteiger partial charge on any atom is -0.503 e. The predicted molar refractivity (Wildman–Crippen MR) is 63.8 cm³/mol. The Morgan fingerprint density at radius 3 is 3.11 bits per heavy atom. The van der Waals surface area contributed by atoms with E-state index in [0.29, 0.717) is 17.2 Å². The van der Waals surface area contributed by atoms with Crippen LogP contribution in [0.1, 0.15) is 12.6 Å². The van der Waals surface area contributed by atoms with Gasteiger partial charge in [-0.25, -0.2) is 0 Å². The van der Waals surface area contributed by atoms with Gasteiger partial charge in [0.2, 0.25) is 5.43 Å². The average molecular weight is 253 g/mol. The van der Waals surface area contributed by atoms with Gasteiger partial charge in [0.15, 0.2) is 12.4 Å². The molecule has 18 heavy (non-hydrogen) atoms. The lowest BCUT2D eigenvalue weighted by Crippen LogP contribution is -2.12. The summed E-state index contributed by atoms with van der Waals surface area (Å²) < 4.78 is 0.646. The molecule has 0 amide bonds. The first kappa shape index (κ1) is 12.4. The fourth-order valence-electron chi connectivity index (χ4n) is 1.67. The lowest BCUT2D eigenvalue weighted by atomic mass is 10.1. The van der Waals surface area contributed by atoms with Crippen molar-refractivity contribution in [3.8, 4) is 5.75 Å². The van der Waals surface area contributed by atoms with Crippen molar-refractivity contribution in [2.45, 2.75) is 13.5 Å². The monoisotopic (exact) mass is 253 g/mol. The van der Waals surface area contributed by atoms with Gasteiger partial charge < -0.3 is 20.5 Å². The molecule has 3 N–H and O–H groups in total. The average Bonchev–Trinajstić information content (AvgIpc) is 2.72. The van der Waals surface area contributed by atoms with Crippen LogP contribution in [0.3, 0.4) is 0 Å². The quantitative estimate of drug-likeness (QED) is 0.516. The minimum absolute atomic E-state index is 0.0394. The minimum atomic E-state index is -0.567. The zero-order valence-corrected chi connectivity index (χ0v) is 9.96. The van der Waals surface area contributed by atoms with E-state index < -0.39 is 11.2 Å². The molecule has 2 rings (SSSR count). The van der Waals surface area contributed by atoms with Crippen LogP contribution in [0.5, 0.6) is 5.75 Å². The SMILES string of the molecule is CC1CNC/C1=N\OCc1cc(=O)c(O)cn1O. The van der Waals surface area contributed by atoms with Crippen LogP contribution in [0.4, 0.5) is 0 Å². The highest BCUT2D eigenvalue weighted by molar-refractivity contribution is 5.89. The Morgan fingerprint density at radius 2 is 2.44 bits per heavy atom. The van der Waals surface area contributed by atoms with Gasteiger partial charge in [-0.05, 0) is 0 Å². The summed E-state index contributed by atoms with van der Waals surface area (Å²) in [4.78, 5) is 16.3. The summed E-state index contributed by atoms with van der Waals surface area (Å²) in [6.07, 6.45) is 0.925. The Bertz CT molecular complexity index is 524. The van der Waals surface area contributed by atoms with E-state index in [2.05, 4.69) is 10.5 Å². The molecule has 0 spiro atoms. The van der Waals surface area contributed by atoms with Crippen LogP contribution in [0.15, 0.2) is 22.2 Å². The summed E-state index contributed by atoms with van der Waals surface area (Å²) in [5, 5.41) is 25.6. The van der Waals surface area contributed by atoms with Crippen molar-refractivity contribution >= 4 is 5.71 Å². The maximum Gasteiger partial charge on any atom is 0.223 e. The highest BCUT2D eigenvalue weighted by Gasteiger charge is 2.17. The van der Waals surface area contributed by atoms with Crippen molar-refractivity contribution < 1.29 is 15.2 Å². The molecule has 1 unspecified atom stereocenters. The predicted octanol–water partition coefficient (Wildman–Crippen LogP) is -0.0969. The Hall–Kier alpha value is -2.02. The number of nitrogens with zero attached hydrogens (tertiary/aromatic N) is 2. The molecule has 1 saturated heterocycles. The third-order valence-electron chi connectivity index (χ3n) is 2.81. The largest absolute Gasteiger partial charge is 0.503 e. The van der Waals surface area contributed by atoms with Gasteiger partial charge in [0.05, 0.1) is 11.9 Å². The van der Waals surface area contributed by atoms with Crippen molar-refractivity contribution in [3.63, 3.8) is 0 Å². The summed E-state index contributed by atoms with van der Waals surface area (Å²) in [5.41, 5.74) is 0.559. The lowest BCUT2D eigenvalue weighted by molar-refractivity contribution is 0.0944. The smallest absolute Gasteiger partial charge is 0.223 e. The molecule has 98 valence electrons. The summed E-state index contributed by atoms with van der Waals surface area (Å²) >= 11 is 0. The molecule has 7 heteroatoms. The summed E-state index contributed by atoms with van der Waals surface area (Å²) in [7, 11) is 0. The van der Waals surface area contributed by atoms with Crippen molar-refractivity contribution in [2.24, 2.45) is 11.1 Å². The van der Waals surface area contributed by atoms with Gasteiger partial charge in [-0.3, -0.25) is 4.79 Å². The van der Waals surface area contributed by atoms with Crippen molar-refractivity contribution in [3.05, 3.63) is 28.2 Å². The molecule has 1 atom stereocenters. The van der Waals surface area contributed by atoms with Crippen LogP contribution in [0, 0.1) is 5.92 Å². The van der Waals surface area contributed by atoms with Crippen LogP contribution in [-0.4, -0.2) is 33.8 Å². The molecule has 2 heterocycles. The third-order valence-corrected chi connectivity index (χ3v) is 2.81. The van der Waals surface area contributed by atoms with E-state index in [0.717, 1.165) is 24.5 Å². The fourth-order valence-corrected chi connectivity index (χ4v) is 1.67. The second-order valence-corrected chi connectivity index (χ2v) is 4.25. The fraction of sp³-hybridized carbons (Fsp3) is 0.455. The molecule has 1 aliphatic rings. The second-order valence-electron chi connectivity index (χ2n) is 4.25. The number of hydrogen-bond acceptors (Lipinski definition) is 6. The van der Waals surface area contributed by atoms with Crippen molar-refractivity contribution in [1.82, 2.24) is 10.0 Å². The van der Waals surface area contributed by atoms with Crippen molar-refractivity contribution in [1.29, 1.82) is 0 Å². The second kappa shape index (κ2) is 5.09. The van der Waals surface area contributed by atoms with Crippen LogP contribution in [0.2, 0.25) is 0 Å². The zero-order valence-electron chi connectivity index (χ0n) is 9.96. The molecule has 0 aromatic carbocycles. The standard InChI is InChI=1S/C11H15N3O4/c1-7-3-12-4-9(7)13-18-6-8-2-10(15)11(16)5-14(8)17/h2,5,7,12,16-17H,3-4,6H2,1H3/b13-9+. The molecule has 1 aromatic rings. The third kappa shape index (κ3) is 2.62. The summed E-state index contributed by atoms with van der Waals surface area (Å²) in [6, 6.07) is 1.10. The molecule has 0 aliphatic carbocycles. The van der Waals surface area contributed by atoms with Gasteiger partial charge in [0.25, 0.3) is 0 Å². The van der Waals surface area contributed by atoms with E-state index in [1.165, 1.54) is 0 Å². The van der Waals surface area contributed by atoms with Crippen LogP contribution in [0.25, 0.3) is 0 Å². The Kier molecular flexibility index (Phi) is 3.52. The van der Waals surface area contributed by atoms with E-state index in [1.54, 1.807) is 0 Å². The van der Waals surface area contributed by atoms with E-state index >= 15 is 0 Å².